The van der Waals surface area contributed by atoms with Crippen LogP contribution < -0.4 is 5.32 Å². The number of hydrogen-bond acceptors (Lipinski definition) is 3. The van der Waals surface area contributed by atoms with Crippen LogP contribution in [-0.4, -0.2) is 20.2 Å². The zero-order valence-corrected chi connectivity index (χ0v) is 10.7. The van der Waals surface area contributed by atoms with Crippen LogP contribution in [0.15, 0.2) is 48.9 Å². The highest BCUT2D eigenvalue weighted by Crippen LogP contribution is 2.20. The van der Waals surface area contributed by atoms with E-state index in [4.69, 9.17) is 0 Å². The Bertz CT molecular complexity index is 874. The zero-order chi connectivity index (χ0) is 13.4. The van der Waals surface area contributed by atoms with E-state index in [0.717, 1.165) is 34.2 Å². The molecule has 1 aromatic carbocycles. The largest absolute Gasteiger partial charge is 0.381 e. The van der Waals surface area contributed by atoms with Crippen molar-refractivity contribution in [3.05, 3.63) is 54.5 Å². The molecule has 3 aromatic heterocycles. The molecule has 98 valence electrons. The Kier molecular flexibility index (Phi) is 2.42. The fourth-order valence-electron chi connectivity index (χ4n) is 2.41. The van der Waals surface area contributed by atoms with Gasteiger partial charge in [-0.3, -0.25) is 5.10 Å². The zero-order valence-electron chi connectivity index (χ0n) is 10.7. The minimum Gasteiger partial charge on any atom is -0.381 e. The molecule has 0 bridgehead atoms. The molecule has 0 saturated carbocycles. The fraction of sp³-hybridized carbons (Fsp3) is 0.0667. The topological polar surface area (TPSA) is 69.4 Å². The molecule has 20 heavy (non-hydrogen) atoms. The first kappa shape index (κ1) is 11.0. The van der Waals surface area contributed by atoms with Crippen LogP contribution in [0.3, 0.4) is 0 Å². The lowest BCUT2D eigenvalue weighted by Gasteiger charge is -2.05. The summed E-state index contributed by atoms with van der Waals surface area (Å²) in [7, 11) is 0. The molecule has 0 spiro atoms. The van der Waals surface area contributed by atoms with Gasteiger partial charge >= 0.3 is 0 Å². The van der Waals surface area contributed by atoms with E-state index in [1.807, 2.05) is 30.6 Å². The van der Waals surface area contributed by atoms with Crippen LogP contribution in [-0.2, 0) is 6.54 Å². The summed E-state index contributed by atoms with van der Waals surface area (Å²) >= 11 is 0. The molecule has 5 heteroatoms. The predicted octanol–water partition coefficient (Wildman–Crippen LogP) is 3.05. The van der Waals surface area contributed by atoms with Gasteiger partial charge in [0.1, 0.15) is 5.65 Å². The molecule has 0 aliphatic carbocycles. The second kappa shape index (κ2) is 4.38. The highest BCUT2D eigenvalue weighted by molar-refractivity contribution is 5.82. The molecule has 0 radical (unpaired) electrons. The van der Waals surface area contributed by atoms with Gasteiger partial charge < -0.3 is 10.3 Å². The van der Waals surface area contributed by atoms with Gasteiger partial charge in [-0.1, -0.05) is 0 Å². The first-order chi connectivity index (χ1) is 9.90. The Labute approximate surface area is 115 Å². The van der Waals surface area contributed by atoms with Crippen LogP contribution in [0.1, 0.15) is 5.56 Å². The summed E-state index contributed by atoms with van der Waals surface area (Å²) in [5, 5.41) is 12.7. The van der Waals surface area contributed by atoms with Crippen LogP contribution in [0.2, 0.25) is 0 Å². The number of H-pyrrole nitrogens is 2. The Balaban J connectivity index is 1.60. The molecule has 0 amide bonds. The Hall–Kier alpha value is -2.82. The van der Waals surface area contributed by atoms with Gasteiger partial charge in [-0.25, -0.2) is 4.98 Å². The number of rotatable bonds is 3. The summed E-state index contributed by atoms with van der Waals surface area (Å²) in [5.74, 6) is 0. The number of pyridine rings is 1. The second-order valence-corrected chi connectivity index (χ2v) is 4.74. The molecular formula is C15H13N5. The van der Waals surface area contributed by atoms with E-state index in [0.29, 0.717) is 0 Å². The maximum atomic E-state index is 4.30. The van der Waals surface area contributed by atoms with Crippen molar-refractivity contribution in [1.29, 1.82) is 0 Å². The van der Waals surface area contributed by atoms with Crippen molar-refractivity contribution in [2.75, 3.05) is 5.32 Å². The van der Waals surface area contributed by atoms with Gasteiger partial charge in [-0.15, -0.1) is 0 Å². The van der Waals surface area contributed by atoms with E-state index in [1.165, 1.54) is 5.56 Å². The number of aromatic nitrogens is 4. The second-order valence-electron chi connectivity index (χ2n) is 4.74. The minimum atomic E-state index is 0.759. The minimum absolute atomic E-state index is 0.759. The van der Waals surface area contributed by atoms with Crippen molar-refractivity contribution >= 4 is 27.6 Å². The van der Waals surface area contributed by atoms with Crippen molar-refractivity contribution in [3.8, 4) is 0 Å². The number of nitrogens with zero attached hydrogens (tertiary/aromatic N) is 2. The average molecular weight is 263 g/mol. The summed E-state index contributed by atoms with van der Waals surface area (Å²) in [5.41, 5.74) is 4.26. The molecule has 0 aliphatic rings. The molecule has 4 rings (SSSR count). The van der Waals surface area contributed by atoms with Gasteiger partial charge in [-0.2, -0.15) is 5.10 Å². The third kappa shape index (κ3) is 1.80. The number of aromatic amines is 2. The first-order valence-electron chi connectivity index (χ1n) is 6.48. The average Bonchev–Trinajstić information content (AvgIpc) is 3.11. The van der Waals surface area contributed by atoms with E-state index < -0.39 is 0 Å². The smallest absolute Gasteiger partial charge is 0.137 e. The van der Waals surface area contributed by atoms with Crippen molar-refractivity contribution in [1.82, 2.24) is 20.2 Å². The van der Waals surface area contributed by atoms with Gasteiger partial charge in [-0.05, 0) is 35.9 Å². The lowest BCUT2D eigenvalue weighted by molar-refractivity contribution is 1.12. The van der Waals surface area contributed by atoms with Gasteiger partial charge in [0, 0.05) is 35.4 Å². The third-order valence-corrected chi connectivity index (χ3v) is 3.46. The third-order valence-electron chi connectivity index (χ3n) is 3.46. The fourth-order valence-corrected chi connectivity index (χ4v) is 2.41. The van der Waals surface area contributed by atoms with E-state index in [1.54, 1.807) is 6.20 Å². The van der Waals surface area contributed by atoms with Crippen molar-refractivity contribution < 1.29 is 0 Å². The van der Waals surface area contributed by atoms with Crippen LogP contribution >= 0.6 is 0 Å². The summed E-state index contributed by atoms with van der Waals surface area (Å²) < 4.78 is 0. The van der Waals surface area contributed by atoms with E-state index in [9.17, 15) is 0 Å². The quantitative estimate of drug-likeness (QED) is 0.532. The number of fused-ring (bicyclic) bond motifs is 2. The summed E-state index contributed by atoms with van der Waals surface area (Å²) in [6, 6.07) is 10.2. The molecule has 4 aromatic rings. The van der Waals surface area contributed by atoms with E-state index >= 15 is 0 Å². The van der Waals surface area contributed by atoms with Crippen LogP contribution in [0, 0.1) is 0 Å². The van der Waals surface area contributed by atoms with Crippen molar-refractivity contribution in [3.63, 3.8) is 0 Å². The highest BCUT2D eigenvalue weighted by Gasteiger charge is 2.04. The summed E-state index contributed by atoms with van der Waals surface area (Å²) in [4.78, 5) is 7.48. The Morgan fingerprint density at radius 3 is 3.20 bits per heavy atom. The number of anilines is 1. The monoisotopic (exact) mass is 263 g/mol. The number of benzene rings is 1. The Morgan fingerprint density at radius 2 is 2.20 bits per heavy atom. The lowest BCUT2D eigenvalue weighted by atomic mass is 10.2. The normalized spacial score (nSPS) is 11.2. The van der Waals surface area contributed by atoms with Gasteiger partial charge in [0.2, 0.25) is 0 Å². The molecule has 0 saturated heterocycles. The Morgan fingerprint density at radius 1 is 1.20 bits per heavy atom. The van der Waals surface area contributed by atoms with Crippen LogP contribution in [0.5, 0.6) is 0 Å². The number of hydrogen-bond donors (Lipinski definition) is 3. The predicted molar refractivity (Wildman–Crippen MR) is 79.5 cm³/mol. The van der Waals surface area contributed by atoms with Gasteiger partial charge in [0.25, 0.3) is 0 Å². The van der Waals surface area contributed by atoms with Crippen molar-refractivity contribution in [2.24, 2.45) is 0 Å². The highest BCUT2D eigenvalue weighted by atomic mass is 15.1. The van der Waals surface area contributed by atoms with E-state index in [2.05, 4.69) is 37.6 Å². The molecular weight excluding hydrogens is 250 g/mol. The molecule has 0 atom stereocenters. The first-order valence-corrected chi connectivity index (χ1v) is 6.48. The van der Waals surface area contributed by atoms with Gasteiger partial charge in [0.05, 0.1) is 11.7 Å². The van der Waals surface area contributed by atoms with Crippen LogP contribution in [0.25, 0.3) is 21.9 Å². The van der Waals surface area contributed by atoms with E-state index in [-0.39, 0.29) is 0 Å². The standard InChI is InChI=1S/C15H13N5/c1-2-13-11(8-18-15(13)16-5-1)7-17-12-3-4-14-10(6-12)9-19-20-14/h1-6,8-9,17H,7H2,(H,16,18)(H,19,20). The molecule has 0 fully saturated rings. The van der Waals surface area contributed by atoms with Crippen LogP contribution in [0.4, 0.5) is 5.69 Å². The molecule has 3 heterocycles. The summed E-state index contributed by atoms with van der Waals surface area (Å²) in [6.45, 7) is 0.759. The molecule has 5 nitrogen and oxygen atoms in total. The lowest BCUT2D eigenvalue weighted by Crippen LogP contribution is -1.98. The maximum absolute atomic E-state index is 4.30. The van der Waals surface area contributed by atoms with Gasteiger partial charge in [0.15, 0.2) is 0 Å². The maximum Gasteiger partial charge on any atom is 0.137 e. The molecule has 0 unspecified atom stereocenters. The number of nitrogens with one attached hydrogen (secondary N) is 3. The summed E-state index contributed by atoms with van der Waals surface area (Å²) in [6.07, 6.45) is 5.63. The SMILES string of the molecule is c1cnc2[nH]cc(CNc3ccc4[nH]ncc4c3)c2c1. The van der Waals surface area contributed by atoms with Crippen molar-refractivity contribution in [2.45, 2.75) is 6.54 Å². The molecule has 0 aliphatic heterocycles. The molecule has 3 N–H and O–H groups in total.